The third-order valence-electron chi connectivity index (χ3n) is 2.61. The number of aromatic nitrogens is 2. The molecule has 86 valence electrons. The van der Waals surface area contributed by atoms with Crippen LogP contribution in [0.2, 0.25) is 0 Å². The second kappa shape index (κ2) is 4.47. The highest BCUT2D eigenvalue weighted by Gasteiger charge is 2.20. The molecule has 1 aliphatic rings. The third kappa shape index (κ3) is 2.92. The van der Waals surface area contributed by atoms with Crippen LogP contribution in [0.3, 0.4) is 0 Å². The lowest BCUT2D eigenvalue weighted by atomic mass is 10.3. The molecule has 0 amide bonds. The lowest BCUT2D eigenvalue weighted by molar-refractivity contribution is 0.0690. The van der Waals surface area contributed by atoms with Crippen molar-refractivity contribution in [3.8, 4) is 0 Å². The molecule has 5 nitrogen and oxygen atoms in total. The van der Waals surface area contributed by atoms with Gasteiger partial charge in [0, 0.05) is 12.2 Å². The Kier molecular flexibility index (Phi) is 3.03. The monoisotopic (exact) mass is 221 g/mol. The quantitative estimate of drug-likeness (QED) is 0.791. The Labute approximate surface area is 93.9 Å². The molecule has 0 saturated heterocycles. The second-order valence-electron chi connectivity index (χ2n) is 4.18. The Morgan fingerprint density at radius 2 is 2.31 bits per heavy atom. The number of anilines is 1. The standard InChI is InChI=1S/C11H15N3O2/c1-7-6-9(10(15)16)14-11(13-7)12-5-4-8-2-3-8/h6,8H,2-5H2,1H3,(H,15,16)(H,12,13,14). The fourth-order valence-corrected chi connectivity index (χ4v) is 1.55. The van der Waals surface area contributed by atoms with Crippen LogP contribution in [-0.2, 0) is 0 Å². The molecule has 1 fully saturated rings. The van der Waals surface area contributed by atoms with E-state index in [4.69, 9.17) is 5.11 Å². The molecule has 0 unspecified atom stereocenters. The molecule has 5 heteroatoms. The van der Waals surface area contributed by atoms with Crippen LogP contribution in [0.15, 0.2) is 6.07 Å². The van der Waals surface area contributed by atoms with Crippen molar-refractivity contribution in [3.05, 3.63) is 17.5 Å². The molecule has 0 atom stereocenters. The van der Waals surface area contributed by atoms with Gasteiger partial charge in [-0.05, 0) is 25.3 Å². The Morgan fingerprint density at radius 1 is 1.56 bits per heavy atom. The van der Waals surface area contributed by atoms with Gasteiger partial charge in [-0.3, -0.25) is 0 Å². The van der Waals surface area contributed by atoms with E-state index in [1.165, 1.54) is 18.9 Å². The minimum absolute atomic E-state index is 0.0430. The van der Waals surface area contributed by atoms with Crippen molar-refractivity contribution in [2.24, 2.45) is 5.92 Å². The van der Waals surface area contributed by atoms with E-state index in [9.17, 15) is 4.79 Å². The molecule has 1 aromatic rings. The number of aryl methyl sites for hydroxylation is 1. The maximum atomic E-state index is 10.8. The van der Waals surface area contributed by atoms with Crippen molar-refractivity contribution in [3.63, 3.8) is 0 Å². The second-order valence-corrected chi connectivity index (χ2v) is 4.18. The first kappa shape index (κ1) is 10.9. The van der Waals surface area contributed by atoms with E-state index in [0.29, 0.717) is 11.6 Å². The highest BCUT2D eigenvalue weighted by atomic mass is 16.4. The summed E-state index contributed by atoms with van der Waals surface area (Å²) in [6, 6.07) is 1.47. The van der Waals surface area contributed by atoms with Crippen molar-refractivity contribution in [2.45, 2.75) is 26.2 Å². The molecule has 0 aliphatic heterocycles. The average Bonchev–Trinajstić information content (AvgIpc) is 3.01. The topological polar surface area (TPSA) is 75.1 Å². The Bertz CT molecular complexity index is 402. The van der Waals surface area contributed by atoms with Crippen molar-refractivity contribution in [2.75, 3.05) is 11.9 Å². The van der Waals surface area contributed by atoms with Crippen LogP contribution >= 0.6 is 0 Å². The summed E-state index contributed by atoms with van der Waals surface area (Å²) in [4.78, 5) is 18.9. The number of rotatable bonds is 5. The van der Waals surface area contributed by atoms with Gasteiger partial charge in [0.25, 0.3) is 0 Å². The first-order valence-corrected chi connectivity index (χ1v) is 5.48. The number of hydrogen-bond acceptors (Lipinski definition) is 4. The number of nitrogens with zero attached hydrogens (tertiary/aromatic N) is 2. The van der Waals surface area contributed by atoms with Crippen LogP contribution in [0.5, 0.6) is 0 Å². The number of hydrogen-bond donors (Lipinski definition) is 2. The number of aromatic carboxylic acids is 1. The van der Waals surface area contributed by atoms with Gasteiger partial charge in [0.05, 0.1) is 0 Å². The number of carboxylic acid groups (broad SMARTS) is 1. The normalized spacial score (nSPS) is 14.8. The lowest BCUT2D eigenvalue weighted by Gasteiger charge is -2.05. The summed E-state index contributed by atoms with van der Waals surface area (Å²) in [6.07, 6.45) is 3.74. The van der Waals surface area contributed by atoms with Crippen molar-refractivity contribution in [1.29, 1.82) is 0 Å². The molecule has 1 aliphatic carbocycles. The molecule has 0 aromatic carbocycles. The predicted molar refractivity (Wildman–Crippen MR) is 59.6 cm³/mol. The Hall–Kier alpha value is -1.65. The maximum absolute atomic E-state index is 10.8. The van der Waals surface area contributed by atoms with E-state index in [1.54, 1.807) is 6.92 Å². The molecule has 0 bridgehead atoms. The molecular formula is C11H15N3O2. The summed E-state index contributed by atoms with van der Waals surface area (Å²) in [5.74, 6) is 0.241. The summed E-state index contributed by atoms with van der Waals surface area (Å²) < 4.78 is 0. The SMILES string of the molecule is Cc1cc(C(=O)O)nc(NCCC2CC2)n1. The van der Waals surface area contributed by atoms with E-state index in [2.05, 4.69) is 15.3 Å². The highest BCUT2D eigenvalue weighted by Crippen LogP contribution is 2.31. The summed E-state index contributed by atoms with van der Waals surface area (Å²) in [5, 5.41) is 11.9. The Balaban J connectivity index is 1.98. The fourth-order valence-electron chi connectivity index (χ4n) is 1.55. The molecule has 1 aromatic heterocycles. The molecule has 0 radical (unpaired) electrons. The fraction of sp³-hybridized carbons (Fsp3) is 0.545. The van der Waals surface area contributed by atoms with E-state index < -0.39 is 5.97 Å². The van der Waals surface area contributed by atoms with E-state index >= 15 is 0 Å². The highest BCUT2D eigenvalue weighted by molar-refractivity contribution is 5.85. The van der Waals surface area contributed by atoms with Gasteiger partial charge >= 0.3 is 5.97 Å². The molecule has 16 heavy (non-hydrogen) atoms. The molecule has 1 heterocycles. The van der Waals surface area contributed by atoms with Crippen LogP contribution < -0.4 is 5.32 Å². The number of nitrogens with one attached hydrogen (secondary N) is 1. The largest absolute Gasteiger partial charge is 0.477 e. The molecule has 2 N–H and O–H groups in total. The van der Waals surface area contributed by atoms with Gasteiger partial charge in [-0.25, -0.2) is 14.8 Å². The lowest BCUT2D eigenvalue weighted by Crippen LogP contribution is -2.10. The molecule has 0 spiro atoms. The van der Waals surface area contributed by atoms with E-state index in [0.717, 1.165) is 18.9 Å². The van der Waals surface area contributed by atoms with Gasteiger partial charge in [0.1, 0.15) is 0 Å². The first-order valence-electron chi connectivity index (χ1n) is 5.48. The van der Waals surface area contributed by atoms with Gasteiger partial charge in [-0.15, -0.1) is 0 Å². The van der Waals surface area contributed by atoms with Crippen LogP contribution in [0, 0.1) is 12.8 Å². The molecule has 2 rings (SSSR count). The Morgan fingerprint density at radius 3 is 2.94 bits per heavy atom. The number of carbonyl (C=O) groups is 1. The minimum atomic E-state index is -1.02. The average molecular weight is 221 g/mol. The zero-order chi connectivity index (χ0) is 11.5. The molecule has 1 saturated carbocycles. The van der Waals surface area contributed by atoms with Crippen LogP contribution in [0.4, 0.5) is 5.95 Å². The van der Waals surface area contributed by atoms with E-state index in [1.807, 2.05) is 0 Å². The maximum Gasteiger partial charge on any atom is 0.354 e. The third-order valence-corrected chi connectivity index (χ3v) is 2.61. The zero-order valence-electron chi connectivity index (χ0n) is 9.23. The summed E-state index contributed by atoms with van der Waals surface area (Å²) in [5.41, 5.74) is 0.711. The summed E-state index contributed by atoms with van der Waals surface area (Å²) in [6.45, 7) is 2.58. The summed E-state index contributed by atoms with van der Waals surface area (Å²) in [7, 11) is 0. The van der Waals surface area contributed by atoms with Gasteiger partial charge in [0.2, 0.25) is 5.95 Å². The summed E-state index contributed by atoms with van der Waals surface area (Å²) >= 11 is 0. The molecular weight excluding hydrogens is 206 g/mol. The van der Waals surface area contributed by atoms with Crippen LogP contribution in [0.25, 0.3) is 0 Å². The van der Waals surface area contributed by atoms with Crippen molar-refractivity contribution < 1.29 is 9.90 Å². The van der Waals surface area contributed by atoms with Crippen LogP contribution in [0.1, 0.15) is 35.4 Å². The van der Waals surface area contributed by atoms with Gasteiger partial charge in [-0.1, -0.05) is 12.8 Å². The first-order chi connectivity index (χ1) is 7.65. The number of carboxylic acids is 1. The van der Waals surface area contributed by atoms with Crippen molar-refractivity contribution >= 4 is 11.9 Å². The smallest absolute Gasteiger partial charge is 0.354 e. The van der Waals surface area contributed by atoms with Gasteiger partial charge in [-0.2, -0.15) is 0 Å². The van der Waals surface area contributed by atoms with Gasteiger partial charge < -0.3 is 10.4 Å². The van der Waals surface area contributed by atoms with E-state index in [-0.39, 0.29) is 5.69 Å². The predicted octanol–water partition coefficient (Wildman–Crippen LogP) is 1.70. The van der Waals surface area contributed by atoms with Gasteiger partial charge in [0.15, 0.2) is 5.69 Å². The minimum Gasteiger partial charge on any atom is -0.477 e. The van der Waals surface area contributed by atoms with Crippen LogP contribution in [-0.4, -0.2) is 27.6 Å². The van der Waals surface area contributed by atoms with Crippen molar-refractivity contribution in [1.82, 2.24) is 9.97 Å². The zero-order valence-corrected chi connectivity index (χ0v) is 9.23.